The third-order valence-corrected chi connectivity index (χ3v) is 3.06. The third kappa shape index (κ3) is 2.01. The molecule has 1 aliphatic rings. The number of carbonyl (C=O) groups is 1. The van der Waals surface area contributed by atoms with Crippen molar-refractivity contribution in [2.24, 2.45) is 0 Å². The Labute approximate surface area is 81.1 Å². The minimum Gasteiger partial charge on any atom is -0.343 e. The fourth-order valence-electron chi connectivity index (χ4n) is 1.22. The quantitative estimate of drug-likeness (QED) is 0.673. The van der Waals surface area contributed by atoms with Gasteiger partial charge in [-0.2, -0.15) is 0 Å². The van der Waals surface area contributed by atoms with Crippen LogP contribution in [-0.4, -0.2) is 34.6 Å². The van der Waals surface area contributed by atoms with Gasteiger partial charge in [-0.05, 0) is 12.1 Å². The largest absolute Gasteiger partial charge is 0.343 e. The van der Waals surface area contributed by atoms with Gasteiger partial charge in [-0.15, -0.1) is 0 Å². The average Bonchev–Trinajstić information content (AvgIpc) is 2.12. The third-order valence-electron chi connectivity index (χ3n) is 1.95. The van der Waals surface area contributed by atoms with E-state index >= 15 is 0 Å². The first-order chi connectivity index (χ1) is 6.38. The molecule has 3 nitrogen and oxygen atoms in total. The molecule has 1 saturated heterocycles. The van der Waals surface area contributed by atoms with Crippen LogP contribution in [0, 0.1) is 0 Å². The van der Waals surface area contributed by atoms with Gasteiger partial charge in [-0.3, -0.25) is 4.79 Å². The summed E-state index contributed by atoms with van der Waals surface area (Å²) in [6.45, 7) is 1.70. The summed E-state index contributed by atoms with van der Waals surface area (Å²) in [7, 11) is 0. The number of hydrogen-bond donors (Lipinski definition) is 0. The molecule has 0 unspecified atom stereocenters. The van der Waals surface area contributed by atoms with Crippen LogP contribution in [0.3, 0.4) is 0 Å². The Kier molecular flexibility index (Phi) is 2.49. The van der Waals surface area contributed by atoms with Gasteiger partial charge in [0.25, 0.3) is 0 Å². The number of aromatic nitrogens is 1. The highest BCUT2D eigenvalue weighted by Crippen LogP contribution is 2.26. The molecule has 0 spiro atoms. The Bertz CT molecular complexity index is 285. The van der Waals surface area contributed by atoms with Crippen LogP contribution in [0.5, 0.6) is 0 Å². The fraction of sp³-hybridized carbons (Fsp3) is 0.333. The van der Waals surface area contributed by atoms with Crippen LogP contribution in [0.2, 0.25) is 0 Å². The number of rotatable bonds is 3. The van der Waals surface area contributed by atoms with Gasteiger partial charge in [0.05, 0.1) is 5.03 Å². The summed E-state index contributed by atoms with van der Waals surface area (Å²) in [6, 6.07) is 5.88. The van der Waals surface area contributed by atoms with Gasteiger partial charge in [-0.1, -0.05) is 17.8 Å². The molecule has 1 aromatic heterocycles. The predicted octanol–water partition coefficient (Wildman–Crippen LogP) is 1.01. The summed E-state index contributed by atoms with van der Waals surface area (Å²) < 4.78 is 0. The van der Waals surface area contributed by atoms with Crippen LogP contribution >= 0.6 is 11.8 Å². The molecule has 2 rings (SSSR count). The number of thioether (sulfide) groups is 1. The van der Waals surface area contributed by atoms with Crippen molar-refractivity contribution in [2.75, 3.05) is 13.1 Å². The lowest BCUT2D eigenvalue weighted by atomic mass is 10.2. The van der Waals surface area contributed by atoms with Crippen LogP contribution in [-0.2, 0) is 4.79 Å². The van der Waals surface area contributed by atoms with Crippen molar-refractivity contribution in [1.29, 1.82) is 0 Å². The van der Waals surface area contributed by atoms with E-state index in [-0.39, 0.29) is 0 Å². The number of nitrogens with zero attached hydrogens (tertiary/aromatic N) is 2. The number of hydrogen-bond acceptors (Lipinski definition) is 3. The van der Waals surface area contributed by atoms with Crippen molar-refractivity contribution in [3.05, 3.63) is 24.4 Å². The van der Waals surface area contributed by atoms with Crippen molar-refractivity contribution in [2.45, 2.75) is 10.3 Å². The second kappa shape index (κ2) is 3.79. The zero-order valence-electron chi connectivity index (χ0n) is 7.09. The molecule has 4 heteroatoms. The molecule has 0 atom stereocenters. The smallest absolute Gasteiger partial charge is 0.209 e. The van der Waals surface area contributed by atoms with Crippen LogP contribution in [0.4, 0.5) is 0 Å². The first kappa shape index (κ1) is 8.56. The summed E-state index contributed by atoms with van der Waals surface area (Å²) in [5, 5.41) is 1.57. The Morgan fingerprint density at radius 1 is 1.54 bits per heavy atom. The second-order valence-electron chi connectivity index (χ2n) is 2.97. The van der Waals surface area contributed by atoms with Gasteiger partial charge in [0, 0.05) is 24.5 Å². The summed E-state index contributed by atoms with van der Waals surface area (Å²) in [5.74, 6) is 0. The molecule has 0 bridgehead atoms. The molecule has 0 aliphatic carbocycles. The van der Waals surface area contributed by atoms with Crippen LogP contribution in [0.1, 0.15) is 0 Å². The molecular formula is C9H10N2OS. The van der Waals surface area contributed by atoms with E-state index in [1.807, 2.05) is 18.2 Å². The highest BCUT2D eigenvalue weighted by Gasteiger charge is 2.26. The summed E-state index contributed by atoms with van der Waals surface area (Å²) >= 11 is 1.74. The second-order valence-corrected chi connectivity index (χ2v) is 4.29. The van der Waals surface area contributed by atoms with Gasteiger partial charge < -0.3 is 4.90 Å². The van der Waals surface area contributed by atoms with E-state index in [1.165, 1.54) is 0 Å². The van der Waals surface area contributed by atoms with Crippen LogP contribution in [0.25, 0.3) is 0 Å². The highest BCUT2D eigenvalue weighted by molar-refractivity contribution is 8.00. The molecule has 1 aromatic rings. The minimum atomic E-state index is 0.528. The standard InChI is InChI=1S/C9H10N2OS/c12-7-11-5-8(6-11)13-9-3-1-2-4-10-9/h1-4,7-8H,5-6H2. The molecular weight excluding hydrogens is 184 g/mol. The minimum absolute atomic E-state index is 0.528. The van der Waals surface area contributed by atoms with E-state index in [2.05, 4.69) is 4.98 Å². The van der Waals surface area contributed by atoms with E-state index in [4.69, 9.17) is 0 Å². The molecule has 0 radical (unpaired) electrons. The molecule has 0 aromatic carbocycles. The molecule has 13 heavy (non-hydrogen) atoms. The summed E-state index contributed by atoms with van der Waals surface area (Å²) in [4.78, 5) is 16.3. The van der Waals surface area contributed by atoms with Crippen molar-refractivity contribution in [1.82, 2.24) is 9.88 Å². The van der Waals surface area contributed by atoms with Gasteiger partial charge in [0.2, 0.25) is 6.41 Å². The number of pyridine rings is 1. The van der Waals surface area contributed by atoms with Crippen LogP contribution < -0.4 is 0 Å². The Balaban J connectivity index is 1.84. The summed E-state index contributed by atoms with van der Waals surface area (Å²) in [6.07, 6.45) is 2.69. The molecule has 0 N–H and O–H groups in total. The van der Waals surface area contributed by atoms with Gasteiger partial charge in [0.1, 0.15) is 0 Å². The van der Waals surface area contributed by atoms with E-state index in [9.17, 15) is 4.79 Å². The lowest BCUT2D eigenvalue weighted by Crippen LogP contribution is -2.47. The molecule has 1 amide bonds. The first-order valence-electron chi connectivity index (χ1n) is 4.15. The van der Waals surface area contributed by atoms with E-state index in [0.717, 1.165) is 24.5 Å². The Morgan fingerprint density at radius 3 is 3.00 bits per heavy atom. The maximum Gasteiger partial charge on any atom is 0.209 e. The zero-order valence-corrected chi connectivity index (χ0v) is 7.91. The van der Waals surface area contributed by atoms with Crippen LogP contribution in [0.15, 0.2) is 29.4 Å². The van der Waals surface area contributed by atoms with Crippen molar-refractivity contribution in [3.8, 4) is 0 Å². The lowest BCUT2D eigenvalue weighted by Gasteiger charge is -2.35. The normalized spacial score (nSPS) is 16.8. The number of amides is 1. The topological polar surface area (TPSA) is 33.2 Å². The van der Waals surface area contributed by atoms with E-state index < -0.39 is 0 Å². The maximum absolute atomic E-state index is 10.3. The fourth-order valence-corrected chi connectivity index (χ4v) is 2.37. The van der Waals surface area contributed by atoms with Crippen molar-refractivity contribution < 1.29 is 4.79 Å². The van der Waals surface area contributed by atoms with Gasteiger partial charge >= 0.3 is 0 Å². The molecule has 1 fully saturated rings. The summed E-state index contributed by atoms with van der Waals surface area (Å²) in [5.41, 5.74) is 0. The zero-order chi connectivity index (χ0) is 9.10. The molecule has 68 valence electrons. The monoisotopic (exact) mass is 194 g/mol. The van der Waals surface area contributed by atoms with E-state index in [1.54, 1.807) is 22.9 Å². The van der Waals surface area contributed by atoms with Crippen molar-refractivity contribution >= 4 is 18.2 Å². The maximum atomic E-state index is 10.3. The lowest BCUT2D eigenvalue weighted by molar-refractivity contribution is -0.120. The Hall–Kier alpha value is -1.03. The first-order valence-corrected chi connectivity index (χ1v) is 5.03. The molecule has 1 aliphatic heterocycles. The number of likely N-dealkylation sites (tertiary alicyclic amines) is 1. The SMILES string of the molecule is O=CN1CC(Sc2ccccn2)C1. The Morgan fingerprint density at radius 2 is 2.38 bits per heavy atom. The predicted molar refractivity (Wildman–Crippen MR) is 51.5 cm³/mol. The van der Waals surface area contributed by atoms with Gasteiger partial charge in [-0.25, -0.2) is 4.98 Å². The molecule has 2 heterocycles. The van der Waals surface area contributed by atoms with E-state index in [0.29, 0.717) is 5.25 Å². The highest BCUT2D eigenvalue weighted by atomic mass is 32.2. The average molecular weight is 194 g/mol. The van der Waals surface area contributed by atoms with Crippen molar-refractivity contribution in [3.63, 3.8) is 0 Å². The number of carbonyl (C=O) groups excluding carboxylic acids is 1. The molecule has 0 saturated carbocycles. The van der Waals surface area contributed by atoms with Gasteiger partial charge in [0.15, 0.2) is 0 Å².